The quantitative estimate of drug-likeness (QED) is 0.588. The van der Waals surface area contributed by atoms with Crippen LogP contribution in [-0.2, 0) is 4.74 Å². The Hall–Kier alpha value is -2.13. The first-order chi connectivity index (χ1) is 14.2. The minimum atomic E-state index is -0.0100. The molecule has 0 radical (unpaired) electrons. The van der Waals surface area contributed by atoms with Crippen LogP contribution in [0.5, 0.6) is 11.5 Å². The molecule has 7 nitrogen and oxygen atoms in total. The predicted octanol–water partition coefficient (Wildman–Crippen LogP) is 4.03. The van der Waals surface area contributed by atoms with E-state index in [-0.39, 0.29) is 18.5 Å². The molecule has 0 aliphatic carbocycles. The number of rotatable bonds is 4. The Kier molecular flexibility index (Phi) is 6.58. The summed E-state index contributed by atoms with van der Waals surface area (Å²) in [6.45, 7) is 4.77. The molecule has 1 unspecified atom stereocenters. The maximum atomic E-state index is 6.27. The summed E-state index contributed by atoms with van der Waals surface area (Å²) in [6.07, 6.45) is 1.55. The highest BCUT2D eigenvalue weighted by Gasteiger charge is 2.25. The van der Waals surface area contributed by atoms with E-state index in [1.54, 1.807) is 6.33 Å². The summed E-state index contributed by atoms with van der Waals surface area (Å²) in [7, 11) is 0. The van der Waals surface area contributed by atoms with Gasteiger partial charge in [0.15, 0.2) is 11.5 Å². The third kappa shape index (κ3) is 4.62. The zero-order valence-corrected chi connectivity index (χ0v) is 18.6. The molecule has 1 aromatic heterocycles. The normalized spacial score (nSPS) is 18.6. The van der Waals surface area contributed by atoms with Crippen molar-refractivity contribution in [3.63, 3.8) is 0 Å². The van der Waals surface area contributed by atoms with Crippen LogP contribution >= 0.6 is 28.3 Å². The van der Waals surface area contributed by atoms with Crippen LogP contribution in [0.1, 0.15) is 0 Å². The Morgan fingerprint density at radius 3 is 2.80 bits per heavy atom. The third-order valence-corrected chi connectivity index (χ3v) is 5.57. The van der Waals surface area contributed by atoms with E-state index in [1.807, 2.05) is 36.4 Å². The number of hydrogen-bond donors (Lipinski definition) is 1. The summed E-state index contributed by atoms with van der Waals surface area (Å²) in [5.41, 5.74) is 1.76. The molecule has 30 heavy (non-hydrogen) atoms. The summed E-state index contributed by atoms with van der Waals surface area (Å²) < 4.78 is 18.7. The van der Waals surface area contributed by atoms with Crippen molar-refractivity contribution in [2.24, 2.45) is 0 Å². The van der Waals surface area contributed by atoms with Gasteiger partial charge in [-0.1, -0.05) is 22.0 Å². The lowest BCUT2D eigenvalue weighted by Gasteiger charge is -2.33. The molecule has 2 aliphatic heterocycles. The molecular weight excluding hydrogens is 472 g/mol. The Morgan fingerprint density at radius 2 is 1.97 bits per heavy atom. The van der Waals surface area contributed by atoms with Gasteiger partial charge in [0.05, 0.1) is 18.7 Å². The molecule has 5 rings (SSSR count). The summed E-state index contributed by atoms with van der Waals surface area (Å²) in [5, 5.41) is 4.26. The van der Waals surface area contributed by atoms with Gasteiger partial charge in [-0.2, -0.15) is 0 Å². The maximum Gasteiger partial charge on any atom is 0.163 e. The topological polar surface area (TPSA) is 68.7 Å². The predicted molar refractivity (Wildman–Crippen MR) is 121 cm³/mol. The molecule has 0 bridgehead atoms. The van der Waals surface area contributed by atoms with E-state index in [4.69, 9.17) is 14.2 Å². The van der Waals surface area contributed by atoms with Crippen LogP contribution in [0.25, 0.3) is 10.9 Å². The van der Waals surface area contributed by atoms with E-state index in [0.29, 0.717) is 6.61 Å². The molecule has 9 heteroatoms. The molecule has 2 aliphatic rings. The highest BCUT2D eigenvalue weighted by molar-refractivity contribution is 9.10. The molecule has 1 atom stereocenters. The lowest BCUT2D eigenvalue weighted by atomic mass is 10.1. The summed E-state index contributed by atoms with van der Waals surface area (Å²) in [4.78, 5) is 11.2. The van der Waals surface area contributed by atoms with Gasteiger partial charge in [-0.3, -0.25) is 4.90 Å². The molecule has 1 saturated heterocycles. The fourth-order valence-corrected chi connectivity index (χ4v) is 4.03. The van der Waals surface area contributed by atoms with Crippen LogP contribution < -0.4 is 14.8 Å². The van der Waals surface area contributed by atoms with E-state index in [0.717, 1.165) is 71.2 Å². The van der Waals surface area contributed by atoms with Crippen molar-refractivity contribution in [2.45, 2.75) is 6.10 Å². The third-order valence-electron chi connectivity index (χ3n) is 5.07. The van der Waals surface area contributed by atoms with Gasteiger partial charge in [0, 0.05) is 41.2 Å². The van der Waals surface area contributed by atoms with Crippen LogP contribution in [0.3, 0.4) is 0 Å². The van der Waals surface area contributed by atoms with E-state index in [1.165, 1.54) is 0 Å². The number of benzene rings is 2. The van der Waals surface area contributed by atoms with Crippen molar-refractivity contribution < 1.29 is 14.2 Å². The number of morpholine rings is 1. The molecular formula is C21H22BrClN4O3. The SMILES string of the molecule is Brc1cccc(Nc2ncnc3cc4c(cc23)OC(CN2CCOCC2)CO4)c1.Cl. The number of hydrogen-bond acceptors (Lipinski definition) is 7. The van der Waals surface area contributed by atoms with E-state index in [2.05, 4.69) is 36.1 Å². The van der Waals surface area contributed by atoms with E-state index in [9.17, 15) is 0 Å². The molecule has 3 aromatic rings. The maximum absolute atomic E-state index is 6.27. The Labute approximate surface area is 189 Å². The number of nitrogens with one attached hydrogen (secondary N) is 1. The van der Waals surface area contributed by atoms with E-state index >= 15 is 0 Å². The summed E-state index contributed by atoms with van der Waals surface area (Å²) in [6, 6.07) is 11.9. The second-order valence-corrected chi connectivity index (χ2v) is 8.05. The average molecular weight is 494 g/mol. The van der Waals surface area contributed by atoms with Crippen LogP contribution in [0.15, 0.2) is 47.2 Å². The summed E-state index contributed by atoms with van der Waals surface area (Å²) in [5.74, 6) is 2.19. The summed E-state index contributed by atoms with van der Waals surface area (Å²) >= 11 is 3.50. The Balaban J connectivity index is 0.00000218. The standard InChI is InChI=1S/C21H21BrN4O3.ClH/c22-14-2-1-3-15(8-14)25-21-17-9-20-19(10-18(17)23-13-24-21)28-12-16(29-20)11-26-4-6-27-7-5-26;/h1-3,8-10,13,16H,4-7,11-12H2,(H,23,24,25);1H. The lowest BCUT2D eigenvalue weighted by Crippen LogP contribution is -2.45. The van der Waals surface area contributed by atoms with Crippen molar-refractivity contribution in [3.05, 3.63) is 47.2 Å². The number of nitrogens with zero attached hydrogens (tertiary/aromatic N) is 3. The molecule has 1 fully saturated rings. The van der Waals surface area contributed by atoms with Gasteiger partial charge < -0.3 is 19.5 Å². The van der Waals surface area contributed by atoms with Crippen LogP contribution in [0.2, 0.25) is 0 Å². The van der Waals surface area contributed by atoms with Crippen molar-refractivity contribution in [3.8, 4) is 11.5 Å². The molecule has 0 spiro atoms. The number of halogens is 2. The van der Waals surface area contributed by atoms with Gasteiger partial charge in [-0.15, -0.1) is 12.4 Å². The van der Waals surface area contributed by atoms with Crippen LogP contribution in [0, 0.1) is 0 Å². The van der Waals surface area contributed by atoms with Gasteiger partial charge in [0.25, 0.3) is 0 Å². The molecule has 2 aromatic carbocycles. The largest absolute Gasteiger partial charge is 0.486 e. The zero-order valence-electron chi connectivity index (χ0n) is 16.2. The first-order valence-electron chi connectivity index (χ1n) is 9.65. The second kappa shape index (κ2) is 9.34. The number of fused-ring (bicyclic) bond motifs is 2. The first kappa shape index (κ1) is 21.1. The van der Waals surface area contributed by atoms with Gasteiger partial charge >= 0.3 is 0 Å². The van der Waals surface area contributed by atoms with Crippen molar-refractivity contribution in [1.82, 2.24) is 14.9 Å². The molecule has 0 amide bonds. The fourth-order valence-electron chi connectivity index (χ4n) is 3.63. The Bertz CT molecular complexity index is 1030. The molecule has 0 saturated carbocycles. The van der Waals surface area contributed by atoms with Gasteiger partial charge in [-0.25, -0.2) is 9.97 Å². The van der Waals surface area contributed by atoms with Gasteiger partial charge in [0.1, 0.15) is 24.9 Å². The molecule has 3 heterocycles. The highest BCUT2D eigenvalue weighted by atomic mass is 79.9. The zero-order chi connectivity index (χ0) is 19.6. The van der Waals surface area contributed by atoms with Crippen molar-refractivity contribution in [2.75, 3.05) is 44.8 Å². The minimum absolute atomic E-state index is 0. The number of aromatic nitrogens is 2. The average Bonchev–Trinajstić information content (AvgIpc) is 2.74. The molecule has 158 valence electrons. The van der Waals surface area contributed by atoms with Crippen LogP contribution in [-0.4, -0.2) is 60.4 Å². The fraction of sp³-hybridized carbons (Fsp3) is 0.333. The Morgan fingerprint density at radius 1 is 1.10 bits per heavy atom. The van der Waals surface area contributed by atoms with E-state index < -0.39 is 0 Å². The van der Waals surface area contributed by atoms with Crippen molar-refractivity contribution in [1.29, 1.82) is 0 Å². The molecule has 1 N–H and O–H groups in total. The number of anilines is 2. The minimum Gasteiger partial charge on any atom is -0.486 e. The second-order valence-electron chi connectivity index (χ2n) is 7.14. The monoisotopic (exact) mass is 492 g/mol. The first-order valence-corrected chi connectivity index (χ1v) is 10.4. The smallest absolute Gasteiger partial charge is 0.163 e. The van der Waals surface area contributed by atoms with Gasteiger partial charge in [-0.05, 0) is 24.3 Å². The van der Waals surface area contributed by atoms with Gasteiger partial charge in [0.2, 0.25) is 0 Å². The van der Waals surface area contributed by atoms with Crippen molar-refractivity contribution >= 4 is 50.7 Å². The van der Waals surface area contributed by atoms with Crippen LogP contribution in [0.4, 0.5) is 11.5 Å². The lowest BCUT2D eigenvalue weighted by molar-refractivity contribution is 0.00322. The number of ether oxygens (including phenoxy) is 3. The highest BCUT2D eigenvalue weighted by Crippen LogP contribution is 2.37.